The molecule has 3 atom stereocenters. The number of rotatable bonds is 5. The molecule has 0 aromatic carbocycles. The zero-order chi connectivity index (χ0) is 13.2. The van der Waals surface area contributed by atoms with Gasteiger partial charge in [-0.2, -0.15) is 0 Å². The molecule has 1 saturated heterocycles. The Morgan fingerprint density at radius 2 is 1.78 bits per heavy atom. The van der Waals surface area contributed by atoms with E-state index in [-0.39, 0.29) is 0 Å². The van der Waals surface area contributed by atoms with Gasteiger partial charge in [0, 0.05) is 25.7 Å². The molecule has 2 fully saturated rings. The number of nitrogens with one attached hydrogen (secondary N) is 1. The maximum absolute atomic E-state index is 3.76. The van der Waals surface area contributed by atoms with Gasteiger partial charge in [-0.3, -0.25) is 0 Å². The monoisotopic (exact) mass is 252 g/mol. The Bertz CT molecular complexity index is 244. The second-order valence-electron chi connectivity index (χ2n) is 7.54. The first kappa shape index (κ1) is 14.3. The molecular formula is C16H32N2. The number of fused-ring (bicyclic) bond motifs is 1. The topological polar surface area (TPSA) is 15.3 Å². The van der Waals surface area contributed by atoms with Gasteiger partial charge in [-0.15, -0.1) is 0 Å². The lowest BCUT2D eigenvalue weighted by Crippen LogP contribution is -2.48. The van der Waals surface area contributed by atoms with Crippen molar-refractivity contribution < 1.29 is 0 Å². The minimum atomic E-state index is 0.368. The Morgan fingerprint density at radius 3 is 2.28 bits per heavy atom. The first-order chi connectivity index (χ1) is 8.50. The molecule has 1 aliphatic carbocycles. The van der Waals surface area contributed by atoms with Crippen LogP contribution in [0.3, 0.4) is 0 Å². The minimum absolute atomic E-state index is 0.368. The van der Waals surface area contributed by atoms with Crippen LogP contribution in [0.15, 0.2) is 0 Å². The molecule has 0 amide bonds. The summed E-state index contributed by atoms with van der Waals surface area (Å²) in [5, 5.41) is 3.76. The van der Waals surface area contributed by atoms with Crippen molar-refractivity contribution in [1.82, 2.24) is 10.2 Å². The van der Waals surface area contributed by atoms with Gasteiger partial charge in [0.1, 0.15) is 0 Å². The average Bonchev–Trinajstić information content (AvgIpc) is 2.82. The summed E-state index contributed by atoms with van der Waals surface area (Å²) in [6.07, 6.45) is 5.70. The van der Waals surface area contributed by atoms with Crippen LogP contribution in [0.25, 0.3) is 0 Å². The quantitative estimate of drug-likeness (QED) is 0.809. The van der Waals surface area contributed by atoms with Gasteiger partial charge in [0.25, 0.3) is 0 Å². The molecule has 0 spiro atoms. The number of hydrogen-bond acceptors (Lipinski definition) is 2. The standard InChI is InChI=1S/C16H32N2/c1-5-9-17-15(16(2,3)4)12-18-10-13-7-6-8-14(13)11-18/h13-15,17H,5-12H2,1-4H3. The lowest BCUT2D eigenvalue weighted by molar-refractivity contribution is 0.187. The van der Waals surface area contributed by atoms with E-state index in [1.54, 1.807) is 0 Å². The van der Waals surface area contributed by atoms with Crippen molar-refractivity contribution >= 4 is 0 Å². The molecule has 106 valence electrons. The van der Waals surface area contributed by atoms with Crippen LogP contribution in [0.1, 0.15) is 53.4 Å². The zero-order valence-electron chi connectivity index (χ0n) is 12.8. The fraction of sp³-hybridized carbons (Fsp3) is 1.00. The number of nitrogens with zero attached hydrogens (tertiary/aromatic N) is 1. The maximum atomic E-state index is 3.76. The van der Waals surface area contributed by atoms with Crippen LogP contribution in [0.5, 0.6) is 0 Å². The molecule has 0 bridgehead atoms. The summed E-state index contributed by atoms with van der Waals surface area (Å²) in [5.74, 6) is 2.05. The molecule has 0 aromatic heterocycles. The fourth-order valence-electron chi connectivity index (χ4n) is 3.70. The van der Waals surface area contributed by atoms with Crippen LogP contribution < -0.4 is 5.32 Å². The van der Waals surface area contributed by atoms with Gasteiger partial charge in [0.05, 0.1) is 0 Å². The Morgan fingerprint density at radius 1 is 1.17 bits per heavy atom. The van der Waals surface area contributed by atoms with E-state index < -0.39 is 0 Å². The number of likely N-dealkylation sites (tertiary alicyclic amines) is 1. The van der Waals surface area contributed by atoms with Crippen molar-refractivity contribution in [1.29, 1.82) is 0 Å². The van der Waals surface area contributed by atoms with Crippen LogP contribution >= 0.6 is 0 Å². The normalized spacial score (nSPS) is 30.7. The largest absolute Gasteiger partial charge is 0.312 e. The van der Waals surface area contributed by atoms with E-state index >= 15 is 0 Å². The van der Waals surface area contributed by atoms with Gasteiger partial charge in [-0.05, 0) is 43.1 Å². The highest BCUT2D eigenvalue weighted by atomic mass is 15.2. The summed E-state index contributed by atoms with van der Waals surface area (Å²) in [7, 11) is 0. The summed E-state index contributed by atoms with van der Waals surface area (Å²) in [6.45, 7) is 14.5. The Balaban J connectivity index is 1.85. The van der Waals surface area contributed by atoms with Crippen molar-refractivity contribution in [3.05, 3.63) is 0 Å². The van der Waals surface area contributed by atoms with Crippen LogP contribution in [-0.2, 0) is 0 Å². The molecule has 2 nitrogen and oxygen atoms in total. The zero-order valence-corrected chi connectivity index (χ0v) is 12.8. The highest BCUT2D eigenvalue weighted by molar-refractivity contribution is 4.92. The molecule has 1 aliphatic heterocycles. The third-order valence-electron chi connectivity index (χ3n) is 4.93. The predicted octanol–water partition coefficient (Wildman–Crippen LogP) is 3.13. The Hall–Kier alpha value is -0.0800. The first-order valence-corrected chi connectivity index (χ1v) is 7.96. The molecule has 1 heterocycles. The van der Waals surface area contributed by atoms with Gasteiger partial charge in [0.15, 0.2) is 0 Å². The van der Waals surface area contributed by atoms with E-state index in [9.17, 15) is 0 Å². The second-order valence-corrected chi connectivity index (χ2v) is 7.54. The molecule has 0 aromatic rings. The Labute approximate surface area is 114 Å². The molecule has 2 heteroatoms. The van der Waals surface area contributed by atoms with Gasteiger partial charge in [-0.25, -0.2) is 0 Å². The molecule has 2 aliphatic rings. The van der Waals surface area contributed by atoms with E-state index in [2.05, 4.69) is 37.9 Å². The lowest BCUT2D eigenvalue weighted by Gasteiger charge is -2.35. The van der Waals surface area contributed by atoms with E-state index in [0.717, 1.165) is 18.4 Å². The van der Waals surface area contributed by atoms with Gasteiger partial charge < -0.3 is 10.2 Å². The molecule has 2 rings (SSSR count). The third kappa shape index (κ3) is 3.48. The van der Waals surface area contributed by atoms with Crippen LogP contribution in [-0.4, -0.2) is 37.1 Å². The van der Waals surface area contributed by atoms with Crippen molar-refractivity contribution in [2.45, 2.75) is 59.4 Å². The molecule has 1 N–H and O–H groups in total. The van der Waals surface area contributed by atoms with E-state index in [1.165, 1.54) is 45.3 Å². The second kappa shape index (κ2) is 5.92. The fourth-order valence-corrected chi connectivity index (χ4v) is 3.70. The summed E-state index contributed by atoms with van der Waals surface area (Å²) in [5.41, 5.74) is 0.368. The highest BCUT2D eigenvalue weighted by Gasteiger charge is 2.37. The maximum Gasteiger partial charge on any atom is 0.0243 e. The predicted molar refractivity (Wildman–Crippen MR) is 78.8 cm³/mol. The molecule has 3 unspecified atom stereocenters. The molecule has 1 saturated carbocycles. The SMILES string of the molecule is CCCNC(CN1CC2CCCC2C1)C(C)(C)C. The van der Waals surface area contributed by atoms with Crippen LogP contribution in [0.2, 0.25) is 0 Å². The Kier molecular flexibility index (Phi) is 4.71. The van der Waals surface area contributed by atoms with Crippen molar-refractivity contribution in [3.8, 4) is 0 Å². The summed E-state index contributed by atoms with van der Waals surface area (Å²) in [6, 6.07) is 0.635. The number of hydrogen-bond donors (Lipinski definition) is 1. The molecule has 18 heavy (non-hydrogen) atoms. The van der Waals surface area contributed by atoms with E-state index in [1.807, 2.05) is 0 Å². The van der Waals surface area contributed by atoms with Crippen molar-refractivity contribution in [2.75, 3.05) is 26.2 Å². The summed E-state index contributed by atoms with van der Waals surface area (Å²) >= 11 is 0. The van der Waals surface area contributed by atoms with Crippen molar-refractivity contribution in [2.24, 2.45) is 17.3 Å². The average molecular weight is 252 g/mol. The summed E-state index contributed by atoms with van der Waals surface area (Å²) in [4.78, 5) is 2.73. The van der Waals surface area contributed by atoms with E-state index in [4.69, 9.17) is 0 Å². The molecular weight excluding hydrogens is 220 g/mol. The van der Waals surface area contributed by atoms with Crippen molar-refractivity contribution in [3.63, 3.8) is 0 Å². The van der Waals surface area contributed by atoms with Gasteiger partial charge in [0.2, 0.25) is 0 Å². The van der Waals surface area contributed by atoms with Crippen LogP contribution in [0.4, 0.5) is 0 Å². The highest BCUT2D eigenvalue weighted by Crippen LogP contribution is 2.38. The molecule has 0 radical (unpaired) electrons. The smallest absolute Gasteiger partial charge is 0.0243 e. The van der Waals surface area contributed by atoms with Crippen LogP contribution in [0, 0.1) is 17.3 Å². The summed E-state index contributed by atoms with van der Waals surface area (Å²) < 4.78 is 0. The van der Waals surface area contributed by atoms with E-state index in [0.29, 0.717) is 11.5 Å². The first-order valence-electron chi connectivity index (χ1n) is 7.96. The van der Waals surface area contributed by atoms with Gasteiger partial charge >= 0.3 is 0 Å². The lowest BCUT2D eigenvalue weighted by atomic mass is 9.86. The third-order valence-corrected chi connectivity index (χ3v) is 4.93. The van der Waals surface area contributed by atoms with Gasteiger partial charge in [-0.1, -0.05) is 34.1 Å². The minimum Gasteiger partial charge on any atom is -0.312 e.